The van der Waals surface area contributed by atoms with Gasteiger partial charge in [0.25, 0.3) is 11.8 Å². The second kappa shape index (κ2) is 6.17. The average Bonchev–Trinajstić information content (AvgIpc) is 3.34. The van der Waals surface area contributed by atoms with Crippen molar-refractivity contribution >= 4 is 11.6 Å². The molecule has 0 spiro atoms. The number of halogens is 1. The Morgan fingerprint density at radius 3 is 2.83 bits per heavy atom. The van der Waals surface area contributed by atoms with Gasteiger partial charge in [-0.2, -0.15) is 4.98 Å². The van der Waals surface area contributed by atoms with Gasteiger partial charge in [-0.25, -0.2) is 0 Å². The molecular formula is C15H9ClN4O4. The smallest absolute Gasteiger partial charge is 0.418 e. The third-order valence-electron chi connectivity index (χ3n) is 3.04. The number of furan rings is 1. The highest BCUT2D eigenvalue weighted by molar-refractivity contribution is 6.33. The maximum absolute atomic E-state index is 6.09. The van der Waals surface area contributed by atoms with Crippen LogP contribution in [0.4, 0.5) is 0 Å². The number of nitrogens with zero attached hydrogens (tertiary/aromatic N) is 4. The van der Waals surface area contributed by atoms with Crippen LogP contribution in [-0.4, -0.2) is 20.3 Å². The predicted octanol–water partition coefficient (Wildman–Crippen LogP) is 3.61. The molecule has 0 aliphatic rings. The molecule has 4 aromatic rings. The van der Waals surface area contributed by atoms with Crippen LogP contribution in [0.5, 0.6) is 6.08 Å². The Kier molecular flexibility index (Phi) is 3.72. The average molecular weight is 345 g/mol. The molecule has 3 aromatic heterocycles. The minimum absolute atomic E-state index is 0.0160. The normalized spacial score (nSPS) is 10.9. The highest BCUT2D eigenvalue weighted by Gasteiger charge is 2.15. The Balaban J connectivity index is 1.45. The molecule has 9 heteroatoms. The highest BCUT2D eigenvalue weighted by atomic mass is 35.5. The molecule has 0 saturated carbocycles. The van der Waals surface area contributed by atoms with Gasteiger partial charge >= 0.3 is 6.08 Å². The monoisotopic (exact) mass is 344 g/mol. The number of ether oxygens (including phenoxy) is 1. The molecule has 1 aromatic carbocycles. The molecule has 0 fully saturated rings. The molecule has 3 heterocycles. The van der Waals surface area contributed by atoms with Crippen molar-refractivity contribution < 1.29 is 18.1 Å². The maximum atomic E-state index is 6.09. The number of hydrogen-bond acceptors (Lipinski definition) is 8. The minimum Gasteiger partial charge on any atom is -0.459 e. The molecule has 120 valence electrons. The van der Waals surface area contributed by atoms with E-state index in [2.05, 4.69) is 20.3 Å². The topological polar surface area (TPSA) is 100 Å². The summed E-state index contributed by atoms with van der Waals surface area (Å²) in [6, 6.07) is 10.6. The number of aromatic nitrogens is 4. The van der Waals surface area contributed by atoms with Gasteiger partial charge < -0.3 is 13.6 Å². The number of rotatable bonds is 5. The van der Waals surface area contributed by atoms with Crippen molar-refractivity contribution in [1.82, 2.24) is 20.3 Å². The molecule has 8 nitrogen and oxygen atoms in total. The van der Waals surface area contributed by atoms with Crippen LogP contribution in [0.2, 0.25) is 5.02 Å². The minimum atomic E-state index is -0.0253. The van der Waals surface area contributed by atoms with Crippen molar-refractivity contribution in [2.24, 2.45) is 0 Å². The van der Waals surface area contributed by atoms with Crippen LogP contribution in [0.1, 0.15) is 5.89 Å². The molecule has 0 atom stereocenters. The first-order valence-corrected chi connectivity index (χ1v) is 7.25. The summed E-state index contributed by atoms with van der Waals surface area (Å²) in [6.07, 6.45) is 1.49. The Morgan fingerprint density at radius 1 is 1.08 bits per heavy atom. The molecule has 0 N–H and O–H groups in total. The van der Waals surface area contributed by atoms with E-state index in [1.807, 2.05) is 12.1 Å². The van der Waals surface area contributed by atoms with Gasteiger partial charge in [0.1, 0.15) is 0 Å². The van der Waals surface area contributed by atoms with Gasteiger partial charge in [-0.1, -0.05) is 28.9 Å². The zero-order valence-corrected chi connectivity index (χ0v) is 12.8. The van der Waals surface area contributed by atoms with Crippen molar-refractivity contribution in [3.8, 4) is 29.1 Å². The van der Waals surface area contributed by atoms with Crippen molar-refractivity contribution in [1.29, 1.82) is 0 Å². The summed E-state index contributed by atoms with van der Waals surface area (Å²) in [5, 5.41) is 12.1. The van der Waals surface area contributed by atoms with Crippen molar-refractivity contribution in [2.45, 2.75) is 6.61 Å². The zero-order valence-electron chi connectivity index (χ0n) is 12.0. The van der Waals surface area contributed by atoms with Gasteiger partial charge in [0.2, 0.25) is 5.82 Å². The summed E-state index contributed by atoms with van der Waals surface area (Å²) < 4.78 is 21.0. The van der Waals surface area contributed by atoms with Crippen LogP contribution in [0.3, 0.4) is 0 Å². The van der Waals surface area contributed by atoms with Crippen LogP contribution in [0.15, 0.2) is 56.0 Å². The van der Waals surface area contributed by atoms with Crippen LogP contribution in [-0.2, 0) is 6.61 Å². The number of hydrogen-bond donors (Lipinski definition) is 0. The molecule has 0 saturated heterocycles. The predicted molar refractivity (Wildman–Crippen MR) is 81.1 cm³/mol. The van der Waals surface area contributed by atoms with Crippen LogP contribution in [0, 0.1) is 0 Å². The molecule has 24 heavy (non-hydrogen) atoms. The third kappa shape index (κ3) is 2.86. The standard InChI is InChI=1S/C15H9ClN4O4/c16-10-5-2-1-4-9(10)13-17-15(24-20-13)22-8-12-18-19-14(23-12)11-6-3-7-21-11/h1-7H,8H2. The lowest BCUT2D eigenvalue weighted by Gasteiger charge is -1.96. The van der Waals surface area contributed by atoms with Crippen LogP contribution < -0.4 is 4.74 Å². The molecule has 0 amide bonds. The largest absolute Gasteiger partial charge is 0.459 e. The molecule has 0 unspecified atom stereocenters. The fourth-order valence-electron chi connectivity index (χ4n) is 1.96. The maximum Gasteiger partial charge on any atom is 0.418 e. The SMILES string of the molecule is Clc1ccccc1-c1noc(OCc2nnc(-c3ccco3)o2)n1. The molecule has 4 rings (SSSR count). The van der Waals surface area contributed by atoms with E-state index in [0.717, 1.165) is 0 Å². The second-order valence-corrected chi connectivity index (χ2v) is 5.04. The van der Waals surface area contributed by atoms with Crippen LogP contribution >= 0.6 is 11.6 Å². The molecule has 0 aliphatic heterocycles. The van der Waals surface area contributed by atoms with E-state index >= 15 is 0 Å². The van der Waals surface area contributed by atoms with E-state index in [0.29, 0.717) is 22.2 Å². The van der Waals surface area contributed by atoms with Crippen molar-refractivity contribution in [3.05, 3.63) is 53.6 Å². The van der Waals surface area contributed by atoms with Crippen LogP contribution in [0.25, 0.3) is 23.0 Å². The fraction of sp³-hybridized carbons (Fsp3) is 0.0667. The first-order valence-electron chi connectivity index (χ1n) is 6.87. The summed E-state index contributed by atoms with van der Waals surface area (Å²) in [5.41, 5.74) is 0.649. The molecule has 0 aliphatic carbocycles. The molecular weight excluding hydrogens is 336 g/mol. The lowest BCUT2D eigenvalue weighted by Crippen LogP contribution is -1.95. The quantitative estimate of drug-likeness (QED) is 0.541. The highest BCUT2D eigenvalue weighted by Crippen LogP contribution is 2.26. The van der Waals surface area contributed by atoms with E-state index in [1.54, 1.807) is 24.3 Å². The van der Waals surface area contributed by atoms with E-state index in [-0.39, 0.29) is 24.5 Å². The van der Waals surface area contributed by atoms with Gasteiger partial charge in [-0.3, -0.25) is 4.52 Å². The number of benzene rings is 1. The summed E-state index contributed by atoms with van der Waals surface area (Å²) >= 11 is 6.09. The van der Waals surface area contributed by atoms with E-state index in [1.165, 1.54) is 6.26 Å². The van der Waals surface area contributed by atoms with E-state index in [9.17, 15) is 0 Å². The van der Waals surface area contributed by atoms with Gasteiger partial charge in [0.15, 0.2) is 12.4 Å². The van der Waals surface area contributed by atoms with Gasteiger partial charge in [-0.15, -0.1) is 10.2 Å². The lowest BCUT2D eigenvalue weighted by molar-refractivity contribution is 0.176. The lowest BCUT2D eigenvalue weighted by atomic mass is 10.2. The second-order valence-electron chi connectivity index (χ2n) is 4.63. The van der Waals surface area contributed by atoms with Gasteiger partial charge in [0, 0.05) is 5.56 Å². The first kappa shape index (κ1) is 14.5. The summed E-state index contributed by atoms with van der Waals surface area (Å²) in [4.78, 5) is 4.12. The Morgan fingerprint density at radius 2 is 2.00 bits per heavy atom. The van der Waals surface area contributed by atoms with E-state index in [4.69, 9.17) is 29.7 Å². The Bertz CT molecular complexity index is 948. The van der Waals surface area contributed by atoms with Gasteiger partial charge in [0.05, 0.1) is 11.3 Å². The first-order chi connectivity index (χ1) is 11.8. The summed E-state index contributed by atoms with van der Waals surface area (Å²) in [6.45, 7) is -0.0160. The summed E-state index contributed by atoms with van der Waals surface area (Å²) in [7, 11) is 0. The molecule has 0 radical (unpaired) electrons. The zero-order chi connectivity index (χ0) is 16.4. The summed E-state index contributed by atoms with van der Waals surface area (Å²) in [5.74, 6) is 1.32. The van der Waals surface area contributed by atoms with Gasteiger partial charge in [-0.05, 0) is 24.3 Å². The third-order valence-corrected chi connectivity index (χ3v) is 3.37. The van der Waals surface area contributed by atoms with Crippen molar-refractivity contribution in [2.75, 3.05) is 0 Å². The van der Waals surface area contributed by atoms with E-state index < -0.39 is 0 Å². The Hall–Kier alpha value is -3.13. The Labute approximate surface area is 140 Å². The fourth-order valence-corrected chi connectivity index (χ4v) is 2.18. The molecule has 0 bridgehead atoms. The van der Waals surface area contributed by atoms with Crippen molar-refractivity contribution in [3.63, 3.8) is 0 Å².